The largest absolute Gasteiger partial charge is 0.449 e. The van der Waals surface area contributed by atoms with Crippen LogP contribution in [0.5, 0.6) is 0 Å². The Morgan fingerprint density at radius 2 is 1.76 bits per heavy atom. The van der Waals surface area contributed by atoms with E-state index in [4.69, 9.17) is 20.3 Å². The molecule has 0 saturated carbocycles. The van der Waals surface area contributed by atoms with Crippen LogP contribution in [-0.4, -0.2) is 137 Å². The third-order valence-corrected chi connectivity index (χ3v) is 11.1. The molecule has 3 amide bonds. The Hall–Kier alpha value is -3.40. The van der Waals surface area contributed by atoms with Crippen LogP contribution in [-0.2, 0) is 20.7 Å². The number of hydrogen-bond donors (Lipinski definition) is 8. The highest BCUT2D eigenvalue weighted by atomic mass is 16.7. The summed E-state index contributed by atoms with van der Waals surface area (Å²) in [5.41, 5.74) is 3.51. The van der Waals surface area contributed by atoms with Gasteiger partial charge in [-0.05, 0) is 85.9 Å². The number of nitrogens with one attached hydrogen (secondary N) is 4. The topological polar surface area (TPSA) is 212 Å². The first-order valence-electron chi connectivity index (χ1n) is 19.5. The van der Waals surface area contributed by atoms with Crippen LogP contribution < -0.4 is 10.6 Å². The zero-order chi connectivity index (χ0) is 39.6. The smallest absolute Gasteiger partial charge is 0.315 e. The van der Waals surface area contributed by atoms with Crippen molar-refractivity contribution in [1.29, 1.82) is 10.8 Å². The minimum atomic E-state index is -1.64. The SMILES string of the molecule is Cc1cc(C=CCCN2CCCC3(CCN(C(=O)CNC(=O)NCC(C)C)CC3)C2)ccc1CC(C(=N)O[C@@H]1O[C@H](CO)[C@@H](O)[C@H](O)[C@H]1O)C(=N)C(C)C. The number of aliphatic hydroxyl groups is 4. The lowest BCUT2D eigenvalue weighted by Gasteiger charge is -2.47. The molecule has 3 heterocycles. The van der Waals surface area contributed by atoms with E-state index < -0.39 is 43.2 Å². The summed E-state index contributed by atoms with van der Waals surface area (Å²) in [6.07, 6.45) is 2.40. The molecule has 3 aliphatic heterocycles. The number of aliphatic hydroxyl groups excluding tert-OH is 4. The lowest BCUT2D eigenvalue weighted by Crippen LogP contribution is -2.59. The highest BCUT2D eigenvalue weighted by Crippen LogP contribution is 2.40. The predicted molar refractivity (Wildman–Crippen MR) is 207 cm³/mol. The first kappa shape index (κ1) is 43.3. The fourth-order valence-electron chi connectivity index (χ4n) is 7.63. The molecule has 8 N–H and O–H groups in total. The molecule has 3 saturated heterocycles. The lowest BCUT2D eigenvalue weighted by atomic mass is 9.72. The molecule has 0 aromatic heterocycles. The maximum Gasteiger partial charge on any atom is 0.315 e. The van der Waals surface area contributed by atoms with E-state index in [2.05, 4.69) is 33.8 Å². The second-order valence-electron chi connectivity index (χ2n) is 16.1. The second kappa shape index (κ2) is 20.0. The van der Waals surface area contributed by atoms with Crippen molar-refractivity contribution >= 4 is 29.6 Å². The van der Waals surface area contributed by atoms with Crippen LogP contribution in [0.3, 0.4) is 0 Å². The van der Waals surface area contributed by atoms with Gasteiger partial charge in [-0.25, -0.2) is 4.79 Å². The number of hydrogen-bond acceptors (Lipinski definition) is 11. The molecule has 1 aromatic carbocycles. The van der Waals surface area contributed by atoms with Crippen molar-refractivity contribution in [3.05, 3.63) is 41.0 Å². The number of nitrogens with zero attached hydrogens (tertiary/aromatic N) is 2. The fourth-order valence-corrected chi connectivity index (χ4v) is 7.63. The zero-order valence-corrected chi connectivity index (χ0v) is 32.7. The average Bonchev–Trinajstić information content (AvgIpc) is 3.14. The maximum atomic E-state index is 12.8. The van der Waals surface area contributed by atoms with Gasteiger partial charge in [0.05, 0.1) is 19.1 Å². The van der Waals surface area contributed by atoms with E-state index in [-0.39, 0.29) is 41.4 Å². The number of amides is 3. The molecule has 14 nitrogen and oxygen atoms in total. The van der Waals surface area contributed by atoms with Crippen LogP contribution in [0.2, 0.25) is 0 Å². The zero-order valence-electron chi connectivity index (χ0n) is 32.7. The number of carbonyl (C=O) groups excluding carboxylic acids is 2. The Kier molecular flexibility index (Phi) is 16.0. The Morgan fingerprint density at radius 3 is 2.41 bits per heavy atom. The van der Waals surface area contributed by atoms with E-state index >= 15 is 0 Å². The molecule has 54 heavy (non-hydrogen) atoms. The van der Waals surface area contributed by atoms with Gasteiger partial charge < -0.3 is 55.7 Å². The van der Waals surface area contributed by atoms with E-state index in [0.29, 0.717) is 18.9 Å². The monoisotopic (exact) mass is 756 g/mol. The van der Waals surface area contributed by atoms with Crippen molar-refractivity contribution in [2.45, 2.75) is 104 Å². The van der Waals surface area contributed by atoms with E-state index in [1.54, 1.807) is 0 Å². The molecule has 6 atom stereocenters. The summed E-state index contributed by atoms with van der Waals surface area (Å²) in [7, 11) is 0. The standard InChI is InChI=1S/C40H64N6O8/c1-25(2)21-43-39(52)44-22-32(48)46-17-13-40(14-18-46)12-8-16-45(24-40)15-7-6-9-28-10-11-29(27(5)19-28)20-30(33(41)26(3)4)37(42)54-38-36(51)35(50)34(49)31(23-47)53-38/h6,9-11,19,25-26,30-31,34-36,38,41-42,47,49-51H,7-8,12-18,20-24H2,1-5H3,(H2,43,44,52)/t30?,31-,34-,35+,36-,38+/m1/s1. The Balaban J connectivity index is 1.26. The number of carbonyl (C=O) groups is 2. The lowest BCUT2D eigenvalue weighted by molar-refractivity contribution is -0.282. The number of rotatable bonds is 15. The van der Waals surface area contributed by atoms with Crippen LogP contribution in [0.4, 0.5) is 4.79 Å². The van der Waals surface area contributed by atoms with Crippen LogP contribution in [0.25, 0.3) is 6.08 Å². The molecule has 4 rings (SSSR count). The van der Waals surface area contributed by atoms with Gasteiger partial charge in [0.1, 0.15) is 24.4 Å². The first-order valence-corrected chi connectivity index (χ1v) is 19.5. The summed E-state index contributed by atoms with van der Waals surface area (Å²) >= 11 is 0. The van der Waals surface area contributed by atoms with E-state index in [1.807, 2.05) is 51.7 Å². The molecule has 3 fully saturated rings. The minimum Gasteiger partial charge on any atom is -0.449 e. The molecule has 1 spiro atoms. The van der Waals surface area contributed by atoms with E-state index in [0.717, 1.165) is 75.1 Å². The van der Waals surface area contributed by atoms with Crippen LogP contribution in [0.1, 0.15) is 76.5 Å². The first-order chi connectivity index (χ1) is 25.6. The van der Waals surface area contributed by atoms with Crippen molar-refractivity contribution in [2.75, 3.05) is 52.4 Å². The van der Waals surface area contributed by atoms with Gasteiger partial charge in [0.15, 0.2) is 5.90 Å². The molecule has 302 valence electrons. The van der Waals surface area contributed by atoms with Gasteiger partial charge in [0.2, 0.25) is 12.2 Å². The molecular weight excluding hydrogens is 692 g/mol. The van der Waals surface area contributed by atoms with E-state index in [9.17, 15) is 30.0 Å². The Labute approximate surface area is 320 Å². The van der Waals surface area contributed by atoms with Crippen molar-refractivity contribution in [3.63, 3.8) is 0 Å². The van der Waals surface area contributed by atoms with Crippen LogP contribution >= 0.6 is 0 Å². The highest BCUT2D eigenvalue weighted by Gasteiger charge is 2.46. The van der Waals surface area contributed by atoms with Gasteiger partial charge in [-0.1, -0.05) is 58.0 Å². The van der Waals surface area contributed by atoms with Gasteiger partial charge in [-0.3, -0.25) is 10.2 Å². The number of benzene rings is 1. The molecule has 0 aliphatic carbocycles. The summed E-state index contributed by atoms with van der Waals surface area (Å²) in [6.45, 7) is 14.3. The Morgan fingerprint density at radius 1 is 1.04 bits per heavy atom. The van der Waals surface area contributed by atoms with Gasteiger partial charge in [0.25, 0.3) is 0 Å². The highest BCUT2D eigenvalue weighted by molar-refractivity contribution is 6.02. The second-order valence-corrected chi connectivity index (χ2v) is 16.1. The third-order valence-electron chi connectivity index (χ3n) is 11.1. The molecular formula is C40H64N6O8. The maximum absolute atomic E-state index is 12.8. The van der Waals surface area contributed by atoms with Crippen molar-refractivity contribution in [1.82, 2.24) is 20.4 Å². The average molecular weight is 757 g/mol. The Bertz CT molecular complexity index is 1460. The van der Waals surface area contributed by atoms with Crippen molar-refractivity contribution in [2.24, 2.45) is 23.2 Å². The molecule has 0 radical (unpaired) electrons. The number of ether oxygens (including phenoxy) is 2. The fraction of sp³-hybridized carbons (Fsp3) is 0.700. The normalized spacial score (nSPS) is 25.2. The number of piperidine rings is 2. The summed E-state index contributed by atoms with van der Waals surface area (Å²) in [6, 6.07) is 5.81. The summed E-state index contributed by atoms with van der Waals surface area (Å²) in [5.74, 6) is -0.896. The van der Waals surface area contributed by atoms with Gasteiger partial charge in [-0.15, -0.1) is 0 Å². The van der Waals surface area contributed by atoms with Gasteiger partial charge in [0, 0.05) is 38.4 Å². The summed E-state index contributed by atoms with van der Waals surface area (Å²) in [5, 5.41) is 63.2. The summed E-state index contributed by atoms with van der Waals surface area (Å²) in [4.78, 5) is 29.2. The predicted octanol–water partition coefficient (Wildman–Crippen LogP) is 2.69. The summed E-state index contributed by atoms with van der Waals surface area (Å²) < 4.78 is 11.1. The molecule has 1 aromatic rings. The van der Waals surface area contributed by atoms with Crippen LogP contribution in [0.15, 0.2) is 24.3 Å². The van der Waals surface area contributed by atoms with Gasteiger partial charge >= 0.3 is 6.03 Å². The van der Waals surface area contributed by atoms with Crippen molar-refractivity contribution < 1.29 is 39.5 Å². The third kappa shape index (κ3) is 11.8. The molecule has 3 aliphatic rings. The van der Waals surface area contributed by atoms with Gasteiger partial charge in [-0.2, -0.15) is 0 Å². The quantitative estimate of drug-likeness (QED) is 0.0976. The molecule has 0 bridgehead atoms. The number of urea groups is 1. The number of aryl methyl sites for hydroxylation is 1. The minimum absolute atomic E-state index is 0.0230. The van der Waals surface area contributed by atoms with Crippen LogP contribution in [0, 0.1) is 40.9 Å². The molecule has 1 unspecified atom stereocenters. The van der Waals surface area contributed by atoms with E-state index in [1.165, 1.54) is 6.42 Å². The number of likely N-dealkylation sites (tertiary alicyclic amines) is 2. The van der Waals surface area contributed by atoms with Crippen molar-refractivity contribution in [3.8, 4) is 0 Å². The molecule has 14 heteroatoms.